The summed E-state index contributed by atoms with van der Waals surface area (Å²) in [4.78, 5) is 0. The van der Waals surface area contributed by atoms with Crippen LogP contribution in [0, 0.1) is 13.8 Å². The molecule has 0 amide bonds. The molecule has 0 unspecified atom stereocenters. The van der Waals surface area contributed by atoms with E-state index in [1.54, 1.807) is 25.1 Å². The van der Waals surface area contributed by atoms with Crippen LogP contribution in [0.25, 0.3) is 0 Å². The van der Waals surface area contributed by atoms with Crippen molar-refractivity contribution in [1.29, 1.82) is 0 Å². The van der Waals surface area contributed by atoms with Gasteiger partial charge in [0.2, 0.25) is 0 Å². The van der Waals surface area contributed by atoms with E-state index in [0.717, 1.165) is 11.1 Å². The summed E-state index contributed by atoms with van der Waals surface area (Å²) in [6.07, 6.45) is -0.866. The van der Waals surface area contributed by atoms with Crippen LogP contribution in [0.3, 0.4) is 0 Å². The minimum Gasteiger partial charge on any atom is -0.508 e. The maximum absolute atomic E-state index is 10.3. The molecule has 2 aromatic carbocycles. The Morgan fingerprint density at radius 3 is 2.17 bits per heavy atom. The van der Waals surface area contributed by atoms with Crippen molar-refractivity contribution in [3.8, 4) is 23.0 Å². The van der Waals surface area contributed by atoms with Gasteiger partial charge in [-0.2, -0.15) is 0 Å². The molecule has 0 saturated carbocycles. The minimum atomic E-state index is -1.26. The molecule has 0 aliphatic carbocycles. The van der Waals surface area contributed by atoms with Gasteiger partial charge in [-0.25, -0.2) is 0 Å². The fourth-order valence-electron chi connectivity index (χ4n) is 2.46. The number of hydrogen-bond donors (Lipinski definition) is 4. The van der Waals surface area contributed by atoms with Crippen molar-refractivity contribution < 1.29 is 25.2 Å². The maximum Gasteiger partial charge on any atom is 0.131 e. The van der Waals surface area contributed by atoms with Crippen molar-refractivity contribution in [2.75, 3.05) is 0 Å². The van der Waals surface area contributed by atoms with Crippen molar-refractivity contribution in [2.45, 2.75) is 45.8 Å². The number of aliphatic hydroxyl groups is 2. The zero-order chi connectivity index (χ0) is 18.1. The molecule has 0 bridgehead atoms. The smallest absolute Gasteiger partial charge is 0.131 e. The standard InChI is InChI=1S/C19H24O5/c1-11-5-13(20)8-14(6-11)24-15-7-12(2)16(17(21)9-15)10-18(22)19(3,4)23/h5-9,18,20-23H,10H2,1-4H3/t18-/m0/s1. The lowest BCUT2D eigenvalue weighted by atomic mass is 9.92. The number of aliphatic hydroxyl groups excluding tert-OH is 1. The maximum atomic E-state index is 10.3. The highest BCUT2D eigenvalue weighted by Crippen LogP contribution is 2.33. The van der Waals surface area contributed by atoms with Gasteiger partial charge in [0.15, 0.2) is 0 Å². The first-order valence-corrected chi connectivity index (χ1v) is 7.77. The van der Waals surface area contributed by atoms with E-state index in [9.17, 15) is 20.4 Å². The third kappa shape index (κ3) is 4.40. The van der Waals surface area contributed by atoms with E-state index >= 15 is 0 Å². The van der Waals surface area contributed by atoms with Crippen LogP contribution in [0.2, 0.25) is 0 Å². The summed E-state index contributed by atoms with van der Waals surface area (Å²) in [5, 5.41) is 39.8. The van der Waals surface area contributed by atoms with E-state index in [1.165, 1.54) is 26.0 Å². The average Bonchev–Trinajstić information content (AvgIpc) is 2.40. The first kappa shape index (κ1) is 18.1. The van der Waals surface area contributed by atoms with Crippen molar-refractivity contribution >= 4 is 0 Å². The van der Waals surface area contributed by atoms with Gasteiger partial charge in [-0.3, -0.25) is 0 Å². The monoisotopic (exact) mass is 332 g/mol. The molecular formula is C19H24O5. The normalized spacial score (nSPS) is 12.9. The van der Waals surface area contributed by atoms with Gasteiger partial charge in [0.25, 0.3) is 0 Å². The summed E-state index contributed by atoms with van der Waals surface area (Å²) >= 11 is 0. The van der Waals surface area contributed by atoms with Crippen molar-refractivity contribution in [3.63, 3.8) is 0 Å². The van der Waals surface area contributed by atoms with Crippen molar-refractivity contribution in [3.05, 3.63) is 47.0 Å². The molecule has 5 heteroatoms. The largest absolute Gasteiger partial charge is 0.508 e. The molecule has 2 aromatic rings. The molecule has 130 valence electrons. The summed E-state index contributed by atoms with van der Waals surface area (Å²) in [6, 6.07) is 8.09. The molecule has 0 aromatic heterocycles. The summed E-state index contributed by atoms with van der Waals surface area (Å²) in [5.74, 6) is 0.994. The van der Waals surface area contributed by atoms with Crippen molar-refractivity contribution in [1.82, 2.24) is 0 Å². The summed E-state index contributed by atoms with van der Waals surface area (Å²) < 4.78 is 5.70. The van der Waals surface area contributed by atoms with Crippen LogP contribution >= 0.6 is 0 Å². The highest BCUT2D eigenvalue weighted by atomic mass is 16.5. The van der Waals surface area contributed by atoms with Gasteiger partial charge < -0.3 is 25.2 Å². The molecular weight excluding hydrogens is 308 g/mol. The van der Waals surface area contributed by atoms with E-state index in [-0.39, 0.29) is 17.9 Å². The number of benzene rings is 2. The number of aromatic hydroxyl groups is 2. The Morgan fingerprint density at radius 2 is 1.62 bits per heavy atom. The fourth-order valence-corrected chi connectivity index (χ4v) is 2.46. The van der Waals surface area contributed by atoms with Crippen LogP contribution in [-0.4, -0.2) is 32.1 Å². The first-order chi connectivity index (χ1) is 11.1. The van der Waals surface area contributed by atoms with Gasteiger partial charge in [0, 0.05) is 18.6 Å². The molecule has 0 aliphatic heterocycles. The lowest BCUT2D eigenvalue weighted by molar-refractivity contribution is -0.0471. The van der Waals surface area contributed by atoms with Gasteiger partial charge in [-0.15, -0.1) is 0 Å². The Balaban J connectivity index is 2.26. The number of rotatable bonds is 5. The number of phenolic OH excluding ortho intramolecular Hbond substituents is 2. The third-order valence-electron chi connectivity index (χ3n) is 3.91. The Labute approximate surface area is 141 Å². The Hall–Kier alpha value is -2.24. The topological polar surface area (TPSA) is 90.2 Å². The van der Waals surface area contributed by atoms with Crippen LogP contribution in [-0.2, 0) is 6.42 Å². The van der Waals surface area contributed by atoms with Gasteiger partial charge in [0.05, 0.1) is 11.7 Å². The molecule has 0 aliphatic rings. The van der Waals surface area contributed by atoms with Gasteiger partial charge >= 0.3 is 0 Å². The molecule has 0 radical (unpaired) electrons. The van der Waals surface area contributed by atoms with E-state index < -0.39 is 11.7 Å². The second-order valence-corrected chi connectivity index (χ2v) is 6.72. The SMILES string of the molecule is Cc1cc(O)cc(Oc2cc(C)c(C[C@H](O)C(C)(C)O)c(O)c2)c1. The highest BCUT2D eigenvalue weighted by molar-refractivity contribution is 5.48. The lowest BCUT2D eigenvalue weighted by Crippen LogP contribution is -2.37. The number of phenols is 2. The summed E-state index contributed by atoms with van der Waals surface area (Å²) in [7, 11) is 0. The van der Waals surface area contributed by atoms with Crippen molar-refractivity contribution in [2.24, 2.45) is 0 Å². The quantitative estimate of drug-likeness (QED) is 0.675. The van der Waals surface area contributed by atoms with Crippen LogP contribution in [0.4, 0.5) is 0 Å². The molecule has 2 rings (SSSR count). The predicted molar refractivity (Wildman–Crippen MR) is 91.8 cm³/mol. The van der Waals surface area contributed by atoms with E-state index in [4.69, 9.17) is 4.74 Å². The highest BCUT2D eigenvalue weighted by Gasteiger charge is 2.26. The van der Waals surface area contributed by atoms with Gasteiger partial charge in [-0.1, -0.05) is 0 Å². The molecule has 0 heterocycles. The van der Waals surface area contributed by atoms with Crippen LogP contribution in [0.1, 0.15) is 30.5 Å². The molecule has 1 atom stereocenters. The first-order valence-electron chi connectivity index (χ1n) is 7.77. The van der Waals surface area contributed by atoms with Crippen LogP contribution < -0.4 is 4.74 Å². The van der Waals surface area contributed by atoms with Gasteiger partial charge in [-0.05, 0) is 62.6 Å². The second kappa shape index (κ2) is 6.71. The number of ether oxygens (including phenoxy) is 1. The lowest BCUT2D eigenvalue weighted by Gasteiger charge is -2.25. The number of aryl methyl sites for hydroxylation is 2. The fraction of sp³-hybridized carbons (Fsp3) is 0.368. The predicted octanol–water partition coefficient (Wildman–Crippen LogP) is 3.18. The molecule has 5 nitrogen and oxygen atoms in total. The number of hydrogen-bond acceptors (Lipinski definition) is 5. The molecule has 4 N–H and O–H groups in total. The third-order valence-corrected chi connectivity index (χ3v) is 3.91. The summed E-state index contributed by atoms with van der Waals surface area (Å²) in [5.41, 5.74) is 0.901. The zero-order valence-electron chi connectivity index (χ0n) is 14.4. The Bertz CT molecular complexity index is 688. The van der Waals surface area contributed by atoms with Crippen LogP contribution in [0.15, 0.2) is 30.3 Å². The molecule has 0 spiro atoms. The van der Waals surface area contributed by atoms with Gasteiger partial charge in [0.1, 0.15) is 23.0 Å². The second-order valence-electron chi connectivity index (χ2n) is 6.72. The van der Waals surface area contributed by atoms with Crippen LogP contribution in [0.5, 0.6) is 23.0 Å². The minimum absolute atomic E-state index is 0.00910. The molecule has 24 heavy (non-hydrogen) atoms. The average molecular weight is 332 g/mol. The molecule has 0 saturated heterocycles. The Kier molecular flexibility index (Phi) is 5.06. The Morgan fingerprint density at radius 1 is 1.00 bits per heavy atom. The van der Waals surface area contributed by atoms with E-state index in [1.807, 2.05) is 6.92 Å². The zero-order valence-corrected chi connectivity index (χ0v) is 14.4. The summed E-state index contributed by atoms with van der Waals surface area (Å²) in [6.45, 7) is 6.68. The van der Waals surface area contributed by atoms with E-state index in [2.05, 4.69) is 0 Å². The van der Waals surface area contributed by atoms with E-state index in [0.29, 0.717) is 17.1 Å². The molecule has 0 fully saturated rings.